The number of rotatable bonds is 3. The van der Waals surface area contributed by atoms with Gasteiger partial charge in [0.15, 0.2) is 5.84 Å². The average molecular weight is 390 g/mol. The smallest absolute Gasteiger partial charge is 0.341 e. The standard InChI is InChI=1S/C18H18N2O4S2/c1-2-24-18(21)15-11-7-3-5-9-13(11)25-17(15)19-16-12-8-4-6-10-14(12)26(22,23)20-16/h4,6,8,10H,2-3,5,7,9H2,1H3,(H,19,20). The number of fused-ring (bicyclic) bond motifs is 2. The minimum absolute atomic E-state index is 0.182. The molecule has 26 heavy (non-hydrogen) atoms. The molecule has 0 amide bonds. The summed E-state index contributed by atoms with van der Waals surface area (Å²) in [5.41, 5.74) is 2.07. The number of sulfonamides is 1. The molecule has 2 aromatic rings. The number of nitrogens with one attached hydrogen (secondary N) is 1. The molecule has 1 aromatic heterocycles. The first kappa shape index (κ1) is 17.2. The van der Waals surface area contributed by atoms with Gasteiger partial charge in [0, 0.05) is 10.4 Å². The third-order valence-electron chi connectivity index (χ3n) is 4.51. The fourth-order valence-electron chi connectivity index (χ4n) is 3.38. The van der Waals surface area contributed by atoms with Crippen molar-refractivity contribution in [2.24, 2.45) is 4.40 Å². The van der Waals surface area contributed by atoms with Crippen molar-refractivity contribution in [3.63, 3.8) is 0 Å². The number of esters is 1. The Balaban J connectivity index is 1.78. The van der Waals surface area contributed by atoms with Gasteiger partial charge in [-0.15, -0.1) is 15.7 Å². The summed E-state index contributed by atoms with van der Waals surface area (Å²) in [5, 5.41) is 3.72. The van der Waals surface area contributed by atoms with Gasteiger partial charge in [-0.1, -0.05) is 12.1 Å². The van der Waals surface area contributed by atoms with E-state index < -0.39 is 10.0 Å². The molecule has 1 aliphatic heterocycles. The molecule has 6 nitrogen and oxygen atoms in total. The number of aryl methyl sites for hydroxylation is 1. The molecule has 0 bridgehead atoms. The van der Waals surface area contributed by atoms with Crippen LogP contribution < -0.4 is 5.32 Å². The normalized spacial score (nSPS) is 17.2. The van der Waals surface area contributed by atoms with E-state index in [0.29, 0.717) is 22.7 Å². The van der Waals surface area contributed by atoms with Crippen LogP contribution in [-0.2, 0) is 27.6 Å². The van der Waals surface area contributed by atoms with Gasteiger partial charge in [0.2, 0.25) is 0 Å². The largest absolute Gasteiger partial charge is 0.462 e. The number of benzene rings is 1. The number of carbonyl (C=O) groups is 1. The van der Waals surface area contributed by atoms with Crippen molar-refractivity contribution in [3.8, 4) is 0 Å². The minimum Gasteiger partial charge on any atom is -0.462 e. The number of hydrogen-bond acceptors (Lipinski definition) is 6. The second-order valence-corrected chi connectivity index (χ2v) is 8.85. The molecule has 0 atom stereocenters. The van der Waals surface area contributed by atoms with Crippen molar-refractivity contribution in [3.05, 3.63) is 45.8 Å². The first-order valence-electron chi connectivity index (χ1n) is 8.54. The van der Waals surface area contributed by atoms with Crippen LogP contribution in [0, 0.1) is 0 Å². The van der Waals surface area contributed by atoms with Crippen LogP contribution in [0.25, 0.3) is 0 Å². The Morgan fingerprint density at radius 2 is 2.04 bits per heavy atom. The highest BCUT2D eigenvalue weighted by Crippen LogP contribution is 2.39. The lowest BCUT2D eigenvalue weighted by Crippen LogP contribution is -2.15. The first-order valence-corrected chi connectivity index (χ1v) is 10.8. The van der Waals surface area contributed by atoms with Crippen LogP contribution in [0.4, 0.5) is 5.00 Å². The van der Waals surface area contributed by atoms with Gasteiger partial charge in [-0.25, -0.2) is 4.79 Å². The van der Waals surface area contributed by atoms with Gasteiger partial charge in [0.1, 0.15) is 9.90 Å². The lowest BCUT2D eigenvalue weighted by molar-refractivity contribution is 0.0526. The molecule has 136 valence electrons. The summed E-state index contributed by atoms with van der Waals surface area (Å²) in [6.07, 6.45) is 3.89. The maximum Gasteiger partial charge on any atom is 0.341 e. The van der Waals surface area contributed by atoms with Crippen LogP contribution in [0.3, 0.4) is 0 Å². The maximum atomic E-state index is 12.5. The maximum absolute atomic E-state index is 12.5. The molecule has 2 aliphatic rings. The Morgan fingerprint density at radius 1 is 1.27 bits per heavy atom. The number of thiophene rings is 1. The number of amidine groups is 1. The fourth-order valence-corrected chi connectivity index (χ4v) is 5.83. The molecule has 0 spiro atoms. The second kappa shape index (κ2) is 6.51. The zero-order valence-electron chi connectivity index (χ0n) is 14.2. The van der Waals surface area contributed by atoms with E-state index in [2.05, 4.69) is 9.71 Å². The summed E-state index contributed by atoms with van der Waals surface area (Å²) in [4.78, 5) is 13.9. The van der Waals surface area contributed by atoms with Crippen molar-refractivity contribution < 1.29 is 17.9 Å². The summed E-state index contributed by atoms with van der Waals surface area (Å²) in [5.74, 6) is -0.117. The van der Waals surface area contributed by atoms with Gasteiger partial charge in [0.05, 0.1) is 12.2 Å². The SMILES string of the molecule is CCOC(=O)c1c(NC2=NS(=O)(=O)c3ccccc32)sc2c1CCCC2. The molecular weight excluding hydrogens is 372 g/mol. The summed E-state index contributed by atoms with van der Waals surface area (Å²) in [7, 11) is -3.71. The number of hydrogen-bond donors (Lipinski definition) is 1. The van der Waals surface area contributed by atoms with E-state index in [9.17, 15) is 13.2 Å². The third kappa shape index (κ3) is 2.83. The molecule has 2 heterocycles. The third-order valence-corrected chi connectivity index (χ3v) is 7.06. The highest BCUT2D eigenvalue weighted by Gasteiger charge is 2.32. The van der Waals surface area contributed by atoms with Crippen molar-refractivity contribution in [2.45, 2.75) is 37.5 Å². The van der Waals surface area contributed by atoms with Gasteiger partial charge >= 0.3 is 5.97 Å². The van der Waals surface area contributed by atoms with Crippen molar-refractivity contribution in [1.29, 1.82) is 0 Å². The quantitative estimate of drug-likeness (QED) is 0.813. The zero-order valence-corrected chi connectivity index (χ0v) is 15.9. The predicted octanol–water partition coefficient (Wildman–Crippen LogP) is 3.36. The summed E-state index contributed by atoms with van der Waals surface area (Å²) in [6, 6.07) is 6.68. The molecule has 0 radical (unpaired) electrons. The van der Waals surface area contributed by atoms with Crippen LogP contribution in [0.15, 0.2) is 33.6 Å². The van der Waals surface area contributed by atoms with E-state index in [-0.39, 0.29) is 16.7 Å². The van der Waals surface area contributed by atoms with Crippen LogP contribution in [-0.4, -0.2) is 26.8 Å². The van der Waals surface area contributed by atoms with E-state index in [4.69, 9.17) is 4.74 Å². The van der Waals surface area contributed by atoms with Crippen LogP contribution in [0.2, 0.25) is 0 Å². The molecule has 0 saturated carbocycles. The summed E-state index contributed by atoms with van der Waals surface area (Å²) < 4.78 is 33.6. The van der Waals surface area contributed by atoms with E-state index in [1.54, 1.807) is 25.1 Å². The predicted molar refractivity (Wildman–Crippen MR) is 101 cm³/mol. The molecule has 0 unspecified atom stereocenters. The van der Waals surface area contributed by atoms with Gasteiger partial charge in [-0.3, -0.25) is 0 Å². The Labute approximate surface area is 156 Å². The molecule has 1 aromatic carbocycles. The Kier molecular flexibility index (Phi) is 4.32. The molecule has 1 aliphatic carbocycles. The van der Waals surface area contributed by atoms with Gasteiger partial charge < -0.3 is 10.1 Å². The first-order chi connectivity index (χ1) is 12.5. The van der Waals surface area contributed by atoms with E-state index in [1.807, 2.05) is 0 Å². The topological polar surface area (TPSA) is 84.8 Å². The molecule has 4 rings (SSSR count). The molecule has 1 N–H and O–H groups in total. The highest BCUT2D eigenvalue weighted by atomic mass is 32.2. The molecular formula is C18H18N2O4S2. The minimum atomic E-state index is -3.71. The zero-order chi connectivity index (χ0) is 18.3. The van der Waals surface area contributed by atoms with Gasteiger partial charge in [0.25, 0.3) is 10.0 Å². The second-order valence-electron chi connectivity index (χ2n) is 6.17. The average Bonchev–Trinajstić information content (AvgIpc) is 3.10. The van der Waals surface area contributed by atoms with Gasteiger partial charge in [-0.2, -0.15) is 8.42 Å². The van der Waals surface area contributed by atoms with Gasteiger partial charge in [-0.05, 0) is 50.3 Å². The molecule has 0 fully saturated rings. The van der Waals surface area contributed by atoms with Crippen LogP contribution in [0.5, 0.6) is 0 Å². The van der Waals surface area contributed by atoms with Crippen molar-refractivity contribution in [1.82, 2.24) is 0 Å². The van der Waals surface area contributed by atoms with Crippen molar-refractivity contribution in [2.75, 3.05) is 11.9 Å². The summed E-state index contributed by atoms with van der Waals surface area (Å²) >= 11 is 1.49. The monoisotopic (exact) mass is 390 g/mol. The van der Waals surface area contributed by atoms with Crippen LogP contribution >= 0.6 is 11.3 Å². The molecule has 8 heteroatoms. The van der Waals surface area contributed by atoms with E-state index in [0.717, 1.165) is 36.1 Å². The Bertz CT molecular complexity index is 1020. The Hall–Kier alpha value is -2.19. The lowest BCUT2D eigenvalue weighted by atomic mass is 9.95. The number of anilines is 1. The Morgan fingerprint density at radius 3 is 2.85 bits per heavy atom. The highest BCUT2D eigenvalue weighted by molar-refractivity contribution is 7.90. The number of carbonyl (C=O) groups excluding carboxylic acids is 1. The van der Waals surface area contributed by atoms with Crippen molar-refractivity contribution >= 4 is 38.2 Å². The fraction of sp³-hybridized carbons (Fsp3) is 0.333. The lowest BCUT2D eigenvalue weighted by Gasteiger charge is -2.12. The molecule has 0 saturated heterocycles. The summed E-state index contributed by atoms with van der Waals surface area (Å²) in [6.45, 7) is 2.06. The number of nitrogens with zero attached hydrogens (tertiary/aromatic N) is 1. The van der Waals surface area contributed by atoms with E-state index >= 15 is 0 Å². The van der Waals surface area contributed by atoms with E-state index in [1.165, 1.54) is 17.4 Å². The number of ether oxygens (including phenoxy) is 1. The van der Waals surface area contributed by atoms with Crippen LogP contribution in [0.1, 0.15) is 46.1 Å².